The van der Waals surface area contributed by atoms with Gasteiger partial charge < -0.3 is 14.6 Å². The third-order valence-electron chi connectivity index (χ3n) is 12.1. The van der Waals surface area contributed by atoms with Gasteiger partial charge >= 0.3 is 5.97 Å². The van der Waals surface area contributed by atoms with Gasteiger partial charge in [-0.25, -0.2) is 0 Å². The van der Waals surface area contributed by atoms with Crippen molar-refractivity contribution in [3.63, 3.8) is 0 Å². The van der Waals surface area contributed by atoms with Crippen molar-refractivity contribution >= 4 is 5.97 Å². The normalized spacial score (nSPS) is 26.6. The number of carbonyl (C=O) groups is 1. The summed E-state index contributed by atoms with van der Waals surface area (Å²) in [6.45, 7) is 9.20. The Kier molecular flexibility index (Phi) is 10.3. The summed E-state index contributed by atoms with van der Waals surface area (Å²) in [4.78, 5) is 17.4. The maximum atomic E-state index is 13.0. The summed E-state index contributed by atoms with van der Waals surface area (Å²) in [6, 6.07) is 25.9. The van der Waals surface area contributed by atoms with Crippen LogP contribution in [-0.2, 0) is 29.5 Å². The SMILES string of the molecule is C=CCN1CC[C@]23c4c5ccc(OC(C)=O)c4OC2C(N(CCCCCCc2ccccc2)CCCCc2ccccc2)CC[C@@]3(O)[C@H]1C5. The summed E-state index contributed by atoms with van der Waals surface area (Å²) in [5.41, 5.74) is 3.71. The van der Waals surface area contributed by atoms with Crippen LogP contribution in [0.1, 0.15) is 87.0 Å². The summed E-state index contributed by atoms with van der Waals surface area (Å²) in [5, 5.41) is 13.0. The summed E-state index contributed by atoms with van der Waals surface area (Å²) in [7, 11) is 0. The van der Waals surface area contributed by atoms with Gasteiger partial charge in [0.15, 0.2) is 11.5 Å². The van der Waals surface area contributed by atoms with Gasteiger partial charge in [-0.2, -0.15) is 0 Å². The highest BCUT2D eigenvalue weighted by molar-refractivity contribution is 5.72. The standard InChI is InChI=1S/C43H54N2O4/c1-3-27-45-30-26-42-39-35-22-23-37(48-32(2)46)40(39)49-41(42)36(24-25-43(42,47)38(45)31-35)44(29-15-13-21-34-19-11-7-12-20-34)28-14-5-4-8-16-33-17-9-6-10-18-33/h3,6-7,9-12,17-20,22-23,36,38,41,47H,1,4-5,8,13-16,21,24-31H2,2H3/t36?,38-,41?,42+,43-/m1/s1. The Labute approximate surface area is 293 Å². The van der Waals surface area contributed by atoms with Crippen LogP contribution in [0, 0.1) is 0 Å². The number of rotatable bonds is 16. The molecule has 2 bridgehead atoms. The Balaban J connectivity index is 1.14. The average molecular weight is 663 g/mol. The topological polar surface area (TPSA) is 62.2 Å². The zero-order valence-electron chi connectivity index (χ0n) is 29.3. The van der Waals surface area contributed by atoms with Gasteiger partial charge in [0.2, 0.25) is 0 Å². The minimum absolute atomic E-state index is 0.00765. The van der Waals surface area contributed by atoms with E-state index in [1.165, 1.54) is 42.9 Å². The van der Waals surface area contributed by atoms with Crippen LogP contribution in [0.5, 0.6) is 11.5 Å². The summed E-state index contributed by atoms with van der Waals surface area (Å²) < 4.78 is 12.9. The van der Waals surface area contributed by atoms with Crippen LogP contribution in [0.25, 0.3) is 0 Å². The van der Waals surface area contributed by atoms with E-state index >= 15 is 0 Å². The molecule has 2 aliphatic heterocycles. The van der Waals surface area contributed by atoms with Crippen LogP contribution in [0.2, 0.25) is 0 Å². The Morgan fingerprint density at radius 1 is 0.939 bits per heavy atom. The van der Waals surface area contributed by atoms with Crippen molar-refractivity contribution in [2.75, 3.05) is 26.2 Å². The van der Waals surface area contributed by atoms with E-state index in [2.05, 4.69) is 83.1 Å². The van der Waals surface area contributed by atoms with Gasteiger partial charge in [0, 0.05) is 31.1 Å². The number of piperidine rings is 1. The second-order valence-electron chi connectivity index (χ2n) is 14.9. The van der Waals surface area contributed by atoms with Gasteiger partial charge in [-0.05, 0) is 107 Å². The third kappa shape index (κ3) is 6.48. The number of ether oxygens (including phenoxy) is 2. The Bertz CT molecular complexity index is 1590. The lowest BCUT2D eigenvalue weighted by molar-refractivity contribution is -0.198. The lowest BCUT2D eigenvalue weighted by Gasteiger charge is -2.65. The lowest BCUT2D eigenvalue weighted by Crippen LogP contribution is -2.78. The quantitative estimate of drug-likeness (QED) is 0.0745. The number of esters is 1. The van der Waals surface area contributed by atoms with Crippen molar-refractivity contribution in [3.8, 4) is 11.5 Å². The molecule has 0 radical (unpaired) electrons. The molecule has 5 atom stereocenters. The van der Waals surface area contributed by atoms with Crippen LogP contribution in [0.4, 0.5) is 0 Å². The van der Waals surface area contributed by atoms with E-state index in [4.69, 9.17) is 9.47 Å². The number of hydrogen-bond acceptors (Lipinski definition) is 6. The molecule has 7 rings (SSSR count). The molecule has 1 saturated heterocycles. The first-order chi connectivity index (χ1) is 23.9. The van der Waals surface area contributed by atoms with Crippen LogP contribution < -0.4 is 9.47 Å². The fourth-order valence-electron chi connectivity index (χ4n) is 9.96. The zero-order chi connectivity index (χ0) is 33.8. The Hall–Kier alpha value is -3.45. The molecular weight excluding hydrogens is 608 g/mol. The number of hydrogen-bond donors (Lipinski definition) is 1. The van der Waals surface area contributed by atoms with Crippen molar-refractivity contribution < 1.29 is 19.4 Å². The molecule has 6 nitrogen and oxygen atoms in total. The number of aliphatic hydroxyl groups is 1. The average Bonchev–Trinajstić information content (AvgIpc) is 3.46. The number of unbranched alkanes of at least 4 members (excludes halogenated alkanes) is 4. The molecule has 3 aromatic rings. The fraction of sp³-hybridized carbons (Fsp3) is 0.512. The first-order valence-electron chi connectivity index (χ1n) is 18.9. The van der Waals surface area contributed by atoms with Gasteiger partial charge in [-0.3, -0.25) is 14.6 Å². The Morgan fingerprint density at radius 2 is 1.59 bits per heavy atom. The number of benzene rings is 3. The smallest absolute Gasteiger partial charge is 0.308 e. The maximum Gasteiger partial charge on any atom is 0.308 e. The summed E-state index contributed by atoms with van der Waals surface area (Å²) in [6.07, 6.45) is 14.3. The number of nitrogens with zero attached hydrogens (tertiary/aromatic N) is 2. The minimum Gasteiger partial charge on any atom is -0.483 e. The fourth-order valence-corrected chi connectivity index (χ4v) is 9.96. The van der Waals surface area contributed by atoms with Crippen molar-refractivity contribution in [3.05, 3.63) is 108 Å². The summed E-state index contributed by atoms with van der Waals surface area (Å²) in [5.74, 6) is 0.847. The van der Waals surface area contributed by atoms with Gasteiger partial charge in [0.25, 0.3) is 0 Å². The molecule has 49 heavy (non-hydrogen) atoms. The monoisotopic (exact) mass is 662 g/mol. The van der Waals surface area contributed by atoms with E-state index in [0.29, 0.717) is 11.5 Å². The van der Waals surface area contributed by atoms with Crippen molar-refractivity contribution in [1.29, 1.82) is 0 Å². The highest BCUT2D eigenvalue weighted by Gasteiger charge is 2.73. The van der Waals surface area contributed by atoms with E-state index in [0.717, 1.165) is 89.5 Å². The Morgan fingerprint density at radius 3 is 2.27 bits per heavy atom. The van der Waals surface area contributed by atoms with Gasteiger partial charge in [0.05, 0.1) is 11.0 Å². The summed E-state index contributed by atoms with van der Waals surface area (Å²) >= 11 is 0. The van der Waals surface area contributed by atoms with E-state index in [1.807, 2.05) is 12.1 Å². The minimum atomic E-state index is -0.918. The highest BCUT2D eigenvalue weighted by atomic mass is 16.6. The molecule has 260 valence electrons. The molecule has 6 heteroatoms. The second kappa shape index (κ2) is 14.8. The molecule has 0 aromatic heterocycles. The van der Waals surface area contributed by atoms with Crippen LogP contribution in [0.15, 0.2) is 85.5 Å². The first kappa shape index (κ1) is 34.0. The molecule has 1 N–H and O–H groups in total. The molecule has 2 aliphatic carbocycles. The molecular formula is C43H54N2O4. The lowest BCUT2D eigenvalue weighted by atomic mass is 9.48. The molecule has 2 fully saturated rings. The maximum absolute atomic E-state index is 13.0. The molecule has 1 saturated carbocycles. The van der Waals surface area contributed by atoms with Crippen molar-refractivity contribution in [2.24, 2.45) is 0 Å². The van der Waals surface area contributed by atoms with Gasteiger partial charge in [0.1, 0.15) is 6.10 Å². The predicted octanol–water partition coefficient (Wildman–Crippen LogP) is 7.45. The number of likely N-dealkylation sites (tertiary alicyclic amines) is 1. The van der Waals surface area contributed by atoms with E-state index in [9.17, 15) is 9.90 Å². The third-order valence-corrected chi connectivity index (χ3v) is 12.1. The van der Waals surface area contributed by atoms with E-state index in [1.54, 1.807) is 0 Å². The molecule has 2 heterocycles. The largest absolute Gasteiger partial charge is 0.483 e. The van der Waals surface area contributed by atoms with Gasteiger partial charge in [-0.15, -0.1) is 6.58 Å². The molecule has 3 aromatic carbocycles. The van der Waals surface area contributed by atoms with E-state index in [-0.39, 0.29) is 24.2 Å². The van der Waals surface area contributed by atoms with Crippen LogP contribution >= 0.6 is 0 Å². The first-order valence-corrected chi connectivity index (χ1v) is 18.9. The molecule has 1 spiro atoms. The predicted molar refractivity (Wildman–Crippen MR) is 195 cm³/mol. The number of carbonyl (C=O) groups excluding carboxylic acids is 1. The van der Waals surface area contributed by atoms with Crippen LogP contribution in [-0.4, -0.2) is 70.8 Å². The molecule has 2 unspecified atom stereocenters. The van der Waals surface area contributed by atoms with Crippen molar-refractivity contribution in [2.45, 2.75) is 113 Å². The zero-order valence-corrected chi connectivity index (χ0v) is 29.3. The van der Waals surface area contributed by atoms with Crippen molar-refractivity contribution in [1.82, 2.24) is 9.80 Å². The highest BCUT2D eigenvalue weighted by Crippen LogP contribution is 2.66. The van der Waals surface area contributed by atoms with Gasteiger partial charge in [-0.1, -0.05) is 85.6 Å². The van der Waals surface area contributed by atoms with E-state index < -0.39 is 11.0 Å². The number of aryl methyl sites for hydroxylation is 2. The second-order valence-corrected chi connectivity index (χ2v) is 14.9. The molecule has 0 amide bonds. The molecule has 4 aliphatic rings. The van der Waals surface area contributed by atoms with Crippen LogP contribution in [0.3, 0.4) is 0 Å².